The molecule has 2 rings (SSSR count). The highest BCUT2D eigenvalue weighted by atomic mass is 16.6. The summed E-state index contributed by atoms with van der Waals surface area (Å²) < 4.78 is 0. The molecule has 1 aromatic heterocycles. The molecule has 8 nitrogen and oxygen atoms in total. The molecule has 0 N–H and O–H groups in total. The van der Waals surface area contributed by atoms with E-state index in [9.17, 15) is 14.9 Å². The van der Waals surface area contributed by atoms with Crippen molar-refractivity contribution < 1.29 is 9.72 Å². The van der Waals surface area contributed by atoms with Crippen LogP contribution in [0.4, 0.5) is 11.5 Å². The van der Waals surface area contributed by atoms with Gasteiger partial charge in [-0.05, 0) is 19.2 Å². The minimum atomic E-state index is -0.416. The second-order valence-corrected chi connectivity index (χ2v) is 5.43. The molecule has 23 heavy (non-hydrogen) atoms. The number of pyridine rings is 1. The summed E-state index contributed by atoms with van der Waals surface area (Å²) >= 11 is 0. The zero-order chi connectivity index (χ0) is 16.8. The maximum absolute atomic E-state index is 12.3. The van der Waals surface area contributed by atoms with E-state index < -0.39 is 4.92 Å². The van der Waals surface area contributed by atoms with E-state index in [0.717, 1.165) is 13.1 Å². The topological polar surface area (TPSA) is 82.8 Å². The van der Waals surface area contributed by atoms with Crippen LogP contribution in [0.1, 0.15) is 13.8 Å². The zero-order valence-corrected chi connectivity index (χ0v) is 13.6. The molecular weight excluding hydrogens is 298 g/mol. The molecule has 1 amide bonds. The van der Waals surface area contributed by atoms with Gasteiger partial charge in [0.2, 0.25) is 11.7 Å². The van der Waals surface area contributed by atoms with Gasteiger partial charge in [0, 0.05) is 38.4 Å². The number of nitro groups is 1. The van der Waals surface area contributed by atoms with Crippen molar-refractivity contribution in [1.82, 2.24) is 14.8 Å². The highest BCUT2D eigenvalue weighted by Gasteiger charge is 2.26. The Balaban J connectivity index is 1.96. The summed E-state index contributed by atoms with van der Waals surface area (Å²) in [4.78, 5) is 32.9. The summed E-state index contributed by atoms with van der Waals surface area (Å²) in [5, 5.41) is 11.1. The molecule has 2 heterocycles. The predicted molar refractivity (Wildman–Crippen MR) is 87.5 cm³/mol. The average Bonchev–Trinajstić information content (AvgIpc) is 2.59. The third kappa shape index (κ3) is 4.16. The number of rotatable bonds is 6. The lowest BCUT2D eigenvalue weighted by atomic mass is 10.2. The van der Waals surface area contributed by atoms with Gasteiger partial charge < -0.3 is 9.80 Å². The molecule has 0 atom stereocenters. The fourth-order valence-electron chi connectivity index (χ4n) is 2.68. The van der Waals surface area contributed by atoms with Crippen LogP contribution < -0.4 is 4.90 Å². The summed E-state index contributed by atoms with van der Waals surface area (Å²) in [6, 6.07) is 3.02. The Morgan fingerprint density at radius 1 is 1.30 bits per heavy atom. The normalized spacial score (nSPS) is 15.1. The quantitative estimate of drug-likeness (QED) is 0.574. The molecule has 0 aromatic carbocycles. The molecule has 0 radical (unpaired) electrons. The van der Waals surface area contributed by atoms with Gasteiger partial charge in [-0.25, -0.2) is 4.98 Å². The van der Waals surface area contributed by atoms with Crippen LogP contribution in [0.2, 0.25) is 0 Å². The number of hydrogen-bond acceptors (Lipinski definition) is 6. The zero-order valence-electron chi connectivity index (χ0n) is 13.6. The Morgan fingerprint density at radius 3 is 2.52 bits per heavy atom. The maximum Gasteiger partial charge on any atom is 0.311 e. The summed E-state index contributed by atoms with van der Waals surface area (Å²) in [7, 11) is 0. The lowest BCUT2D eigenvalue weighted by Crippen LogP contribution is -2.51. The van der Waals surface area contributed by atoms with Gasteiger partial charge in [-0.2, -0.15) is 0 Å². The van der Waals surface area contributed by atoms with E-state index in [1.165, 1.54) is 6.07 Å². The van der Waals surface area contributed by atoms with Gasteiger partial charge in [0.25, 0.3) is 0 Å². The number of anilines is 1. The molecule has 1 saturated heterocycles. The van der Waals surface area contributed by atoms with Crippen LogP contribution in [0.25, 0.3) is 0 Å². The summed E-state index contributed by atoms with van der Waals surface area (Å²) in [5.41, 5.74) is 0.00965. The minimum absolute atomic E-state index is 0.00965. The third-order valence-corrected chi connectivity index (χ3v) is 4.15. The van der Waals surface area contributed by atoms with E-state index in [2.05, 4.69) is 9.88 Å². The number of hydrogen-bond donors (Lipinski definition) is 0. The van der Waals surface area contributed by atoms with Crippen LogP contribution in [-0.2, 0) is 4.79 Å². The minimum Gasteiger partial charge on any atom is -0.347 e. The van der Waals surface area contributed by atoms with Crippen molar-refractivity contribution in [3.63, 3.8) is 0 Å². The SMILES string of the molecule is CCN(CC)CC(=O)N1CCN(c2ncccc2[N+](=O)[O-])CC1. The lowest BCUT2D eigenvalue weighted by Gasteiger charge is -2.36. The summed E-state index contributed by atoms with van der Waals surface area (Å²) in [6.07, 6.45) is 1.56. The fourth-order valence-corrected chi connectivity index (χ4v) is 2.68. The van der Waals surface area contributed by atoms with Crippen LogP contribution in [0.5, 0.6) is 0 Å². The van der Waals surface area contributed by atoms with Gasteiger partial charge in [0.1, 0.15) is 0 Å². The van der Waals surface area contributed by atoms with E-state index in [1.54, 1.807) is 12.3 Å². The number of aromatic nitrogens is 1. The molecule has 1 fully saturated rings. The second kappa shape index (κ2) is 7.87. The van der Waals surface area contributed by atoms with E-state index >= 15 is 0 Å². The van der Waals surface area contributed by atoms with E-state index in [0.29, 0.717) is 38.5 Å². The van der Waals surface area contributed by atoms with Crippen molar-refractivity contribution in [2.45, 2.75) is 13.8 Å². The highest BCUT2D eigenvalue weighted by Crippen LogP contribution is 2.25. The molecule has 0 saturated carbocycles. The molecular formula is C15H23N5O3. The number of likely N-dealkylation sites (N-methyl/N-ethyl adjacent to an activating group) is 1. The highest BCUT2D eigenvalue weighted by molar-refractivity contribution is 5.78. The van der Waals surface area contributed by atoms with Crippen molar-refractivity contribution in [2.75, 3.05) is 50.7 Å². The first-order valence-electron chi connectivity index (χ1n) is 7.91. The first-order chi connectivity index (χ1) is 11.1. The van der Waals surface area contributed by atoms with E-state index in [4.69, 9.17) is 0 Å². The van der Waals surface area contributed by atoms with Gasteiger partial charge in [0.05, 0.1) is 11.5 Å². The smallest absolute Gasteiger partial charge is 0.311 e. The molecule has 8 heteroatoms. The Labute approximate surface area is 135 Å². The Kier molecular flexibility index (Phi) is 5.86. The number of nitrogens with zero attached hydrogens (tertiary/aromatic N) is 5. The molecule has 0 spiro atoms. The summed E-state index contributed by atoms with van der Waals surface area (Å²) in [6.45, 7) is 8.44. The molecule has 0 unspecified atom stereocenters. The Hall–Kier alpha value is -2.22. The van der Waals surface area contributed by atoms with Crippen LogP contribution >= 0.6 is 0 Å². The largest absolute Gasteiger partial charge is 0.347 e. The van der Waals surface area contributed by atoms with Crippen LogP contribution in [0, 0.1) is 10.1 Å². The van der Waals surface area contributed by atoms with Crippen molar-refractivity contribution in [3.05, 3.63) is 28.4 Å². The Bertz CT molecular complexity index is 554. The predicted octanol–water partition coefficient (Wildman–Crippen LogP) is 0.980. The number of amides is 1. The maximum atomic E-state index is 12.3. The van der Waals surface area contributed by atoms with Crippen molar-refractivity contribution in [1.29, 1.82) is 0 Å². The van der Waals surface area contributed by atoms with Crippen molar-refractivity contribution >= 4 is 17.4 Å². The molecule has 1 aliphatic heterocycles. The first-order valence-corrected chi connectivity index (χ1v) is 7.91. The van der Waals surface area contributed by atoms with Crippen LogP contribution in [0.3, 0.4) is 0 Å². The van der Waals surface area contributed by atoms with Gasteiger partial charge in [0.15, 0.2) is 0 Å². The summed E-state index contributed by atoms with van der Waals surface area (Å²) in [5.74, 6) is 0.497. The van der Waals surface area contributed by atoms with Crippen LogP contribution in [0.15, 0.2) is 18.3 Å². The molecule has 0 bridgehead atoms. The molecule has 1 aliphatic rings. The Morgan fingerprint density at radius 2 is 1.96 bits per heavy atom. The first kappa shape index (κ1) is 17.1. The van der Waals surface area contributed by atoms with Gasteiger partial charge in [-0.3, -0.25) is 19.8 Å². The van der Waals surface area contributed by atoms with Gasteiger partial charge >= 0.3 is 5.69 Å². The van der Waals surface area contributed by atoms with Crippen LogP contribution in [-0.4, -0.2) is 71.4 Å². The molecule has 0 aliphatic carbocycles. The van der Waals surface area contributed by atoms with E-state index in [1.807, 2.05) is 23.6 Å². The number of carbonyl (C=O) groups excluding carboxylic acids is 1. The molecule has 126 valence electrons. The van der Waals surface area contributed by atoms with Gasteiger partial charge in [-0.15, -0.1) is 0 Å². The average molecular weight is 321 g/mol. The van der Waals surface area contributed by atoms with Crippen molar-refractivity contribution in [2.24, 2.45) is 0 Å². The fraction of sp³-hybridized carbons (Fsp3) is 0.600. The monoisotopic (exact) mass is 321 g/mol. The van der Waals surface area contributed by atoms with Crippen molar-refractivity contribution in [3.8, 4) is 0 Å². The number of piperazine rings is 1. The molecule has 1 aromatic rings. The second-order valence-electron chi connectivity index (χ2n) is 5.43. The van der Waals surface area contributed by atoms with E-state index in [-0.39, 0.29) is 11.6 Å². The third-order valence-electron chi connectivity index (χ3n) is 4.15. The number of carbonyl (C=O) groups is 1. The lowest BCUT2D eigenvalue weighted by molar-refractivity contribution is -0.384. The van der Waals surface area contributed by atoms with Gasteiger partial charge in [-0.1, -0.05) is 13.8 Å². The standard InChI is InChI=1S/C15H23N5O3/c1-3-17(4-2)12-14(21)18-8-10-19(11-9-18)15-13(20(22)23)6-5-7-16-15/h5-7H,3-4,8-12H2,1-2H3.